The molecule has 0 radical (unpaired) electrons. The predicted molar refractivity (Wildman–Crippen MR) is 67.7 cm³/mol. The third kappa shape index (κ3) is 4.17. The van der Waals surface area contributed by atoms with Crippen molar-refractivity contribution in [1.82, 2.24) is 9.88 Å². The normalized spacial score (nSPS) is 13.3. The zero-order valence-electron chi connectivity index (χ0n) is 10.3. The molecule has 0 aliphatic carbocycles. The van der Waals surface area contributed by atoms with Crippen molar-refractivity contribution in [3.63, 3.8) is 0 Å². The van der Waals surface area contributed by atoms with Crippen molar-refractivity contribution in [1.29, 1.82) is 0 Å². The largest absolute Gasteiger partial charge is 0.383 e. The van der Waals surface area contributed by atoms with Gasteiger partial charge < -0.3 is 10.5 Å². The number of ether oxygens (including phenoxy) is 1. The second-order valence-electron chi connectivity index (χ2n) is 3.99. The second-order valence-corrected chi connectivity index (χ2v) is 4.93. The van der Waals surface area contributed by atoms with E-state index in [-0.39, 0.29) is 0 Å². The van der Waals surface area contributed by atoms with E-state index in [0.29, 0.717) is 12.6 Å². The molecule has 2 N–H and O–H groups in total. The highest BCUT2D eigenvalue weighted by Crippen LogP contribution is 2.12. The average molecular weight is 243 g/mol. The van der Waals surface area contributed by atoms with Gasteiger partial charge in [0.05, 0.1) is 17.3 Å². The first kappa shape index (κ1) is 13.6. The molecule has 0 saturated heterocycles. The zero-order valence-corrected chi connectivity index (χ0v) is 11.1. The highest BCUT2D eigenvalue weighted by Gasteiger charge is 2.11. The molecule has 1 atom stereocenters. The van der Waals surface area contributed by atoms with Gasteiger partial charge in [0.1, 0.15) is 0 Å². The Bertz CT molecular complexity index is 303. The lowest BCUT2D eigenvalue weighted by Gasteiger charge is -2.22. The molecule has 0 saturated carbocycles. The maximum atomic E-state index is 5.50. The molecule has 1 aromatic rings. The minimum absolute atomic E-state index is 0.407. The summed E-state index contributed by atoms with van der Waals surface area (Å²) in [7, 11) is 3.82. The van der Waals surface area contributed by atoms with E-state index in [0.717, 1.165) is 30.3 Å². The number of hydrogen-bond donors (Lipinski definition) is 1. The summed E-state index contributed by atoms with van der Waals surface area (Å²) in [6.07, 6.45) is 0.877. The summed E-state index contributed by atoms with van der Waals surface area (Å²) in [5.74, 6) is 0. The van der Waals surface area contributed by atoms with Crippen LogP contribution in [-0.2, 0) is 17.7 Å². The van der Waals surface area contributed by atoms with Crippen molar-refractivity contribution < 1.29 is 4.74 Å². The standard InChI is InChI=1S/C11H21N3OS/c1-9(7-15-3)14(2)6-10-8-16-11(13-10)4-5-12/h8-9H,4-7,12H2,1-3H3. The van der Waals surface area contributed by atoms with Gasteiger partial charge in [0, 0.05) is 31.5 Å². The van der Waals surface area contributed by atoms with E-state index in [1.807, 2.05) is 0 Å². The Kier molecular flexibility index (Phi) is 5.90. The monoisotopic (exact) mass is 243 g/mol. The Morgan fingerprint density at radius 1 is 1.62 bits per heavy atom. The number of hydrogen-bond acceptors (Lipinski definition) is 5. The van der Waals surface area contributed by atoms with Crippen LogP contribution in [0.4, 0.5) is 0 Å². The number of likely N-dealkylation sites (N-methyl/N-ethyl adjacent to an activating group) is 1. The number of thiazole rings is 1. The maximum absolute atomic E-state index is 5.50. The van der Waals surface area contributed by atoms with E-state index in [1.54, 1.807) is 18.4 Å². The van der Waals surface area contributed by atoms with Gasteiger partial charge in [-0.2, -0.15) is 0 Å². The van der Waals surface area contributed by atoms with E-state index in [4.69, 9.17) is 10.5 Å². The lowest BCUT2D eigenvalue weighted by molar-refractivity contribution is 0.111. The van der Waals surface area contributed by atoms with Gasteiger partial charge in [0.25, 0.3) is 0 Å². The van der Waals surface area contributed by atoms with E-state index in [1.165, 1.54) is 0 Å². The minimum Gasteiger partial charge on any atom is -0.383 e. The molecule has 0 amide bonds. The number of nitrogens with two attached hydrogens (primary N) is 1. The first-order chi connectivity index (χ1) is 7.67. The third-order valence-corrected chi connectivity index (χ3v) is 3.49. The van der Waals surface area contributed by atoms with Crippen molar-refractivity contribution in [3.8, 4) is 0 Å². The number of aromatic nitrogens is 1. The summed E-state index contributed by atoms with van der Waals surface area (Å²) in [5, 5.41) is 3.24. The molecule has 0 fully saturated rings. The van der Waals surface area contributed by atoms with Gasteiger partial charge in [-0.25, -0.2) is 4.98 Å². The lowest BCUT2D eigenvalue weighted by atomic mass is 10.3. The molecule has 1 rings (SSSR count). The molecule has 0 aliphatic heterocycles. The van der Waals surface area contributed by atoms with Crippen molar-refractivity contribution in [3.05, 3.63) is 16.1 Å². The highest BCUT2D eigenvalue weighted by molar-refractivity contribution is 7.09. The van der Waals surface area contributed by atoms with Gasteiger partial charge in [-0.05, 0) is 20.5 Å². The number of rotatable bonds is 7. The average Bonchev–Trinajstić information content (AvgIpc) is 2.66. The van der Waals surface area contributed by atoms with Crippen LogP contribution in [0.25, 0.3) is 0 Å². The topological polar surface area (TPSA) is 51.4 Å². The van der Waals surface area contributed by atoms with Crippen LogP contribution < -0.4 is 5.73 Å². The van der Waals surface area contributed by atoms with Crippen molar-refractivity contribution in [2.45, 2.75) is 25.9 Å². The number of methoxy groups -OCH3 is 1. The summed E-state index contributed by atoms with van der Waals surface area (Å²) in [5.41, 5.74) is 6.62. The Hall–Kier alpha value is -0.490. The fraction of sp³-hybridized carbons (Fsp3) is 0.727. The lowest BCUT2D eigenvalue weighted by Crippen LogP contribution is -2.32. The summed E-state index contributed by atoms with van der Waals surface area (Å²) in [6.45, 7) is 4.43. The molecule has 4 nitrogen and oxygen atoms in total. The second kappa shape index (κ2) is 6.96. The Labute approximate surface area is 101 Å². The fourth-order valence-electron chi connectivity index (χ4n) is 1.44. The van der Waals surface area contributed by atoms with Crippen molar-refractivity contribution in [2.24, 2.45) is 5.73 Å². The molecule has 1 heterocycles. The van der Waals surface area contributed by atoms with Crippen LogP contribution in [0.2, 0.25) is 0 Å². The predicted octanol–water partition coefficient (Wildman–Crippen LogP) is 1.11. The molecule has 0 aliphatic rings. The SMILES string of the molecule is COCC(C)N(C)Cc1csc(CCN)n1. The van der Waals surface area contributed by atoms with Crippen LogP contribution in [0, 0.1) is 0 Å². The fourth-order valence-corrected chi connectivity index (χ4v) is 2.24. The molecule has 5 heteroatoms. The maximum Gasteiger partial charge on any atom is 0.0941 e. The third-order valence-electron chi connectivity index (χ3n) is 2.53. The molecule has 0 spiro atoms. The van der Waals surface area contributed by atoms with Gasteiger partial charge in [-0.1, -0.05) is 0 Å². The minimum atomic E-state index is 0.407. The first-order valence-corrected chi connectivity index (χ1v) is 6.37. The molecule has 0 bridgehead atoms. The van der Waals surface area contributed by atoms with Gasteiger partial charge in [-0.15, -0.1) is 11.3 Å². The molecule has 16 heavy (non-hydrogen) atoms. The van der Waals surface area contributed by atoms with E-state index in [2.05, 4.69) is 29.2 Å². The first-order valence-electron chi connectivity index (χ1n) is 5.50. The van der Waals surface area contributed by atoms with Crippen LogP contribution in [0.3, 0.4) is 0 Å². The summed E-state index contributed by atoms with van der Waals surface area (Å²) in [6, 6.07) is 0.407. The van der Waals surface area contributed by atoms with Crippen molar-refractivity contribution >= 4 is 11.3 Å². The quantitative estimate of drug-likeness (QED) is 0.779. The van der Waals surface area contributed by atoms with Gasteiger partial charge in [-0.3, -0.25) is 4.90 Å². The van der Waals surface area contributed by atoms with E-state index >= 15 is 0 Å². The molecule has 1 unspecified atom stereocenters. The van der Waals surface area contributed by atoms with Crippen molar-refractivity contribution in [2.75, 3.05) is 27.3 Å². The molecule has 92 valence electrons. The summed E-state index contributed by atoms with van der Waals surface area (Å²) < 4.78 is 5.13. The molecular formula is C11H21N3OS. The van der Waals surface area contributed by atoms with E-state index in [9.17, 15) is 0 Å². The van der Waals surface area contributed by atoms with Gasteiger partial charge in [0.2, 0.25) is 0 Å². The Morgan fingerprint density at radius 3 is 3.00 bits per heavy atom. The van der Waals surface area contributed by atoms with Crippen LogP contribution >= 0.6 is 11.3 Å². The van der Waals surface area contributed by atoms with Crippen LogP contribution in [0.5, 0.6) is 0 Å². The molecular weight excluding hydrogens is 222 g/mol. The summed E-state index contributed by atoms with van der Waals surface area (Å²) in [4.78, 5) is 6.78. The van der Waals surface area contributed by atoms with Crippen LogP contribution in [0.15, 0.2) is 5.38 Å². The molecule has 0 aromatic carbocycles. The van der Waals surface area contributed by atoms with Crippen LogP contribution in [0.1, 0.15) is 17.6 Å². The zero-order chi connectivity index (χ0) is 12.0. The Morgan fingerprint density at radius 2 is 2.38 bits per heavy atom. The van der Waals surface area contributed by atoms with Crippen LogP contribution in [-0.4, -0.2) is 43.2 Å². The van der Waals surface area contributed by atoms with Gasteiger partial charge in [0.15, 0.2) is 0 Å². The molecule has 1 aromatic heterocycles. The number of nitrogens with zero attached hydrogens (tertiary/aromatic N) is 2. The smallest absolute Gasteiger partial charge is 0.0941 e. The Balaban J connectivity index is 2.45. The van der Waals surface area contributed by atoms with Gasteiger partial charge >= 0.3 is 0 Å². The van der Waals surface area contributed by atoms with E-state index < -0.39 is 0 Å². The highest BCUT2D eigenvalue weighted by atomic mass is 32.1. The summed E-state index contributed by atoms with van der Waals surface area (Å²) >= 11 is 1.69.